The van der Waals surface area contributed by atoms with Gasteiger partial charge in [-0.2, -0.15) is 12.7 Å². The van der Waals surface area contributed by atoms with Gasteiger partial charge in [-0.1, -0.05) is 23.7 Å². The number of ether oxygens (including phenoxy) is 2. The van der Waals surface area contributed by atoms with Gasteiger partial charge in [0, 0.05) is 63.4 Å². The quantitative estimate of drug-likeness (QED) is 0.475. The molecule has 3 heterocycles. The molecule has 50 heavy (non-hydrogen) atoms. The maximum absolute atomic E-state index is 17.6. The molecule has 5 aliphatic rings. The van der Waals surface area contributed by atoms with E-state index < -0.39 is 34.1 Å². The van der Waals surface area contributed by atoms with Crippen LogP contribution in [0.2, 0.25) is 5.02 Å². The monoisotopic (exact) mass is 730 g/mol. The van der Waals surface area contributed by atoms with Gasteiger partial charge < -0.3 is 19.3 Å². The smallest absolute Gasteiger partial charge is 0.303 e. The minimum Gasteiger partial charge on any atom is -0.490 e. The van der Waals surface area contributed by atoms with Gasteiger partial charge >= 0.3 is 10.2 Å². The van der Waals surface area contributed by atoms with E-state index in [1.807, 2.05) is 16.9 Å². The molecule has 10 nitrogen and oxygen atoms in total. The molecule has 13 heteroatoms. The van der Waals surface area contributed by atoms with E-state index in [0.717, 1.165) is 55.7 Å². The second-order valence-corrected chi connectivity index (χ2v) is 17.7. The Bertz CT molecular complexity index is 1760. The Hall–Kier alpha value is -2.93. The molecule has 2 aliphatic carbocycles. The van der Waals surface area contributed by atoms with Crippen molar-refractivity contribution in [1.82, 2.24) is 13.9 Å². The summed E-state index contributed by atoms with van der Waals surface area (Å²) >= 11 is 6.45. The fourth-order valence-corrected chi connectivity index (χ4v) is 9.64. The van der Waals surface area contributed by atoms with Crippen LogP contribution in [-0.4, -0.2) is 89.5 Å². The van der Waals surface area contributed by atoms with E-state index >= 15 is 4.39 Å². The van der Waals surface area contributed by atoms with E-state index in [2.05, 4.69) is 11.0 Å². The molecule has 1 spiro atoms. The molecule has 1 N–H and O–H groups in total. The zero-order chi connectivity index (χ0) is 35.4. The Morgan fingerprint density at radius 3 is 2.70 bits per heavy atom. The van der Waals surface area contributed by atoms with E-state index in [9.17, 15) is 18.0 Å². The third-order valence-corrected chi connectivity index (χ3v) is 13.7. The van der Waals surface area contributed by atoms with Crippen molar-refractivity contribution < 1.29 is 31.9 Å². The first kappa shape index (κ1) is 35.5. The molecule has 1 saturated heterocycles. The van der Waals surface area contributed by atoms with Crippen LogP contribution in [0.5, 0.6) is 5.75 Å². The Balaban J connectivity index is 1.34. The van der Waals surface area contributed by atoms with Gasteiger partial charge in [-0.3, -0.25) is 9.59 Å². The third kappa shape index (κ3) is 6.61. The molecule has 0 aromatic heterocycles. The number of fused-ring (bicyclic) bond motifs is 7. The molecule has 272 valence electrons. The molecule has 7 rings (SSSR count). The number of nitrogens with zero attached hydrogens (tertiary/aromatic N) is 3. The average Bonchev–Trinajstić information content (AvgIpc) is 3.21. The maximum Gasteiger partial charge on any atom is 0.303 e. The SMILES string of the molecule is CN1CC[C@@H]2CCO[C@@H](C2)[C@@H]2CC[C@H]2CN2C[C@@]3(CCCc4cc(Cl)ccc43)COc3ccc(cc32)[C@@](F)(C(=O)NS(=O)(=O)N(C)C)CC1=O. The standard InChI is InChI=1S/C37H48ClFN4O6S/c1-41(2)50(46,47)40-35(45)37(39)20-34(44)42(3)15-12-24-13-16-48-33(17-24)29-9-6-26(29)21-43-22-36(23-49-32-11-7-27(37)19-31(32)43)14-4-5-25-18-28(38)8-10-30(25)36/h7-8,10-11,18-19,24,26,29,33H,4-6,9,12-17,20-23H2,1-3H3,(H,40,45)/t24-,26+,29-,33+,36+,37-/m1/s1. The predicted octanol–water partition coefficient (Wildman–Crippen LogP) is 4.97. The second kappa shape index (κ2) is 13.6. The molecule has 1 saturated carbocycles. The largest absolute Gasteiger partial charge is 0.490 e. The number of benzene rings is 2. The number of aryl methyl sites for hydroxylation is 1. The first-order chi connectivity index (χ1) is 23.8. The number of hydrogen-bond donors (Lipinski definition) is 1. The zero-order valence-corrected chi connectivity index (χ0v) is 30.7. The number of amides is 2. The number of rotatable bonds is 3. The van der Waals surface area contributed by atoms with Crippen molar-refractivity contribution in [2.24, 2.45) is 17.8 Å². The highest BCUT2D eigenvalue weighted by atomic mass is 35.5. The lowest BCUT2D eigenvalue weighted by Gasteiger charge is -2.48. The molecule has 2 amide bonds. The van der Waals surface area contributed by atoms with Crippen LogP contribution in [0.4, 0.5) is 10.1 Å². The van der Waals surface area contributed by atoms with Crippen LogP contribution in [0.15, 0.2) is 36.4 Å². The van der Waals surface area contributed by atoms with Crippen LogP contribution in [-0.2, 0) is 42.0 Å². The summed E-state index contributed by atoms with van der Waals surface area (Å²) in [5, 5.41) is 0.699. The predicted molar refractivity (Wildman–Crippen MR) is 189 cm³/mol. The fourth-order valence-electron chi connectivity index (χ4n) is 8.86. The summed E-state index contributed by atoms with van der Waals surface area (Å²) in [6.07, 6.45) is 6.80. The van der Waals surface area contributed by atoms with E-state index in [1.165, 1.54) is 36.2 Å². The van der Waals surface area contributed by atoms with E-state index in [-0.39, 0.29) is 17.1 Å². The molecular formula is C37H48ClFN4O6S. The molecule has 2 aromatic rings. The molecule has 0 radical (unpaired) electrons. The molecule has 6 atom stereocenters. The van der Waals surface area contributed by atoms with Gasteiger partial charge in [0.05, 0.1) is 24.8 Å². The zero-order valence-electron chi connectivity index (χ0n) is 29.1. The van der Waals surface area contributed by atoms with Gasteiger partial charge in [0.1, 0.15) is 5.75 Å². The molecule has 2 aromatic carbocycles. The van der Waals surface area contributed by atoms with Crippen molar-refractivity contribution in [3.05, 3.63) is 58.1 Å². The highest BCUT2D eigenvalue weighted by Crippen LogP contribution is 2.49. The number of halogens is 2. The Labute approximate surface area is 299 Å². The van der Waals surface area contributed by atoms with Crippen molar-refractivity contribution in [1.29, 1.82) is 0 Å². The van der Waals surface area contributed by atoms with Crippen LogP contribution >= 0.6 is 11.6 Å². The summed E-state index contributed by atoms with van der Waals surface area (Å²) in [5.74, 6) is -0.336. The summed E-state index contributed by atoms with van der Waals surface area (Å²) in [4.78, 5) is 31.2. The lowest BCUT2D eigenvalue weighted by Crippen LogP contribution is -2.51. The summed E-state index contributed by atoms with van der Waals surface area (Å²) in [6, 6.07) is 10.8. The van der Waals surface area contributed by atoms with Crippen molar-refractivity contribution in [3.8, 4) is 5.75 Å². The van der Waals surface area contributed by atoms with Gasteiger partial charge in [0.25, 0.3) is 5.91 Å². The van der Waals surface area contributed by atoms with Gasteiger partial charge in [-0.25, -0.2) is 9.11 Å². The third-order valence-electron chi connectivity index (χ3n) is 12.1. The van der Waals surface area contributed by atoms with Gasteiger partial charge in [-0.05, 0) is 105 Å². The molecule has 3 aliphatic heterocycles. The van der Waals surface area contributed by atoms with Crippen LogP contribution in [0.25, 0.3) is 0 Å². The van der Waals surface area contributed by atoms with Crippen molar-refractivity contribution in [2.75, 3.05) is 58.9 Å². The maximum atomic E-state index is 17.6. The first-order valence-electron chi connectivity index (χ1n) is 17.9. The fraction of sp³-hybridized carbons (Fsp3) is 0.622. The van der Waals surface area contributed by atoms with Crippen LogP contribution in [0.3, 0.4) is 0 Å². The number of carbonyl (C=O) groups excluding carboxylic acids is 2. The van der Waals surface area contributed by atoms with Crippen LogP contribution < -0.4 is 14.4 Å². The highest BCUT2D eigenvalue weighted by molar-refractivity contribution is 7.87. The van der Waals surface area contributed by atoms with Gasteiger partial charge in [-0.15, -0.1) is 0 Å². The van der Waals surface area contributed by atoms with E-state index in [0.29, 0.717) is 67.1 Å². The Kier molecular flexibility index (Phi) is 9.62. The van der Waals surface area contributed by atoms with Gasteiger partial charge in [0.2, 0.25) is 11.6 Å². The Morgan fingerprint density at radius 1 is 1.12 bits per heavy atom. The van der Waals surface area contributed by atoms with E-state index in [1.54, 1.807) is 19.2 Å². The summed E-state index contributed by atoms with van der Waals surface area (Å²) in [6.45, 7) is 2.80. The lowest BCUT2D eigenvalue weighted by molar-refractivity contribution is -0.142. The molecule has 0 unspecified atom stereocenters. The lowest BCUT2D eigenvalue weighted by atomic mass is 9.67. The molecular weight excluding hydrogens is 683 g/mol. The molecule has 4 bridgehead atoms. The molecule has 2 fully saturated rings. The summed E-state index contributed by atoms with van der Waals surface area (Å²) in [5.41, 5.74) is -0.381. The topological polar surface area (TPSA) is 108 Å². The van der Waals surface area contributed by atoms with Crippen molar-refractivity contribution in [3.63, 3.8) is 0 Å². The Morgan fingerprint density at radius 2 is 1.94 bits per heavy atom. The van der Waals surface area contributed by atoms with Gasteiger partial charge in [0.15, 0.2) is 0 Å². The first-order valence-corrected chi connectivity index (χ1v) is 19.7. The number of alkyl halides is 1. The minimum absolute atomic E-state index is 0.0951. The average molecular weight is 731 g/mol. The number of nitrogens with one attached hydrogen (secondary N) is 1. The number of anilines is 1. The summed E-state index contributed by atoms with van der Waals surface area (Å²) in [7, 11) is -0.243. The highest BCUT2D eigenvalue weighted by Gasteiger charge is 2.49. The number of carbonyl (C=O) groups is 2. The van der Waals surface area contributed by atoms with Crippen molar-refractivity contribution >= 4 is 39.3 Å². The van der Waals surface area contributed by atoms with Crippen molar-refractivity contribution in [2.45, 2.75) is 75.0 Å². The minimum atomic E-state index is -4.35. The number of hydrogen-bond acceptors (Lipinski definition) is 7. The normalized spacial score (nSPS) is 31.6. The second-order valence-electron chi connectivity index (χ2n) is 15.4. The summed E-state index contributed by atoms with van der Waals surface area (Å²) < 4.78 is 58.9. The van der Waals surface area contributed by atoms with E-state index in [4.69, 9.17) is 21.1 Å². The van der Waals surface area contributed by atoms with Crippen LogP contribution in [0, 0.1) is 17.8 Å². The van der Waals surface area contributed by atoms with Crippen LogP contribution in [0.1, 0.15) is 68.1 Å².